The molecule has 6 heteroatoms. The molecule has 0 aliphatic carbocycles. The molecule has 6 nitrogen and oxygen atoms in total. The minimum atomic E-state index is -0.130. The highest BCUT2D eigenvalue weighted by Crippen LogP contribution is 2.23. The van der Waals surface area contributed by atoms with Gasteiger partial charge < -0.3 is 11.1 Å². The quantitative estimate of drug-likeness (QED) is 0.692. The van der Waals surface area contributed by atoms with Crippen LogP contribution in [0.2, 0.25) is 0 Å². The summed E-state index contributed by atoms with van der Waals surface area (Å²) in [5.74, 6) is 0.0993. The number of piperidine rings is 1. The second kappa shape index (κ2) is 8.84. The number of carbonyl (C=O) groups is 1. The highest BCUT2D eigenvalue weighted by molar-refractivity contribution is 6.05. The first-order valence-electron chi connectivity index (χ1n) is 9.98. The van der Waals surface area contributed by atoms with Gasteiger partial charge in [0.25, 0.3) is 5.91 Å². The number of nitrogens with one attached hydrogen (secondary N) is 1. The molecule has 0 radical (unpaired) electrons. The van der Waals surface area contributed by atoms with E-state index in [4.69, 9.17) is 5.73 Å². The SMILES string of the molecule is Nc1ncc(-c2cccc(C(=O)Nc3ccccc3CN3CCCCC3)c2)cn1. The summed E-state index contributed by atoms with van der Waals surface area (Å²) in [6.45, 7) is 3.10. The molecule has 0 spiro atoms. The predicted octanol–water partition coefficient (Wildman–Crippen LogP) is 3.96. The molecule has 4 rings (SSSR count). The maximum atomic E-state index is 12.9. The first-order valence-corrected chi connectivity index (χ1v) is 9.98. The molecular weight excluding hydrogens is 362 g/mol. The van der Waals surface area contributed by atoms with E-state index in [0.717, 1.165) is 42.0 Å². The number of nitrogens with zero attached hydrogens (tertiary/aromatic N) is 3. The van der Waals surface area contributed by atoms with Crippen molar-refractivity contribution < 1.29 is 4.79 Å². The number of hydrogen-bond donors (Lipinski definition) is 2. The number of likely N-dealkylation sites (tertiary alicyclic amines) is 1. The molecule has 0 atom stereocenters. The number of anilines is 2. The smallest absolute Gasteiger partial charge is 0.255 e. The second-order valence-corrected chi connectivity index (χ2v) is 7.36. The van der Waals surface area contributed by atoms with Gasteiger partial charge in [0.15, 0.2) is 0 Å². The molecule has 29 heavy (non-hydrogen) atoms. The Labute approximate surface area is 170 Å². The van der Waals surface area contributed by atoms with Gasteiger partial charge in [0.2, 0.25) is 5.95 Å². The molecule has 0 saturated carbocycles. The monoisotopic (exact) mass is 387 g/mol. The number of hydrogen-bond acceptors (Lipinski definition) is 5. The number of aromatic nitrogens is 2. The zero-order valence-electron chi connectivity index (χ0n) is 16.3. The Balaban J connectivity index is 1.51. The van der Waals surface area contributed by atoms with Crippen LogP contribution in [0.1, 0.15) is 35.2 Å². The van der Waals surface area contributed by atoms with Gasteiger partial charge in [-0.25, -0.2) is 9.97 Å². The fourth-order valence-electron chi connectivity index (χ4n) is 3.66. The molecule has 0 unspecified atom stereocenters. The molecule has 148 valence electrons. The molecule has 1 saturated heterocycles. The van der Waals surface area contributed by atoms with Crippen molar-refractivity contribution in [1.29, 1.82) is 0 Å². The molecule has 3 N–H and O–H groups in total. The van der Waals surface area contributed by atoms with Crippen molar-refractivity contribution in [2.45, 2.75) is 25.8 Å². The minimum Gasteiger partial charge on any atom is -0.368 e. The summed E-state index contributed by atoms with van der Waals surface area (Å²) >= 11 is 0. The van der Waals surface area contributed by atoms with Gasteiger partial charge in [-0.2, -0.15) is 0 Å². The number of rotatable bonds is 5. The summed E-state index contributed by atoms with van der Waals surface area (Å²) in [6.07, 6.45) is 7.12. The zero-order chi connectivity index (χ0) is 20.1. The average Bonchev–Trinajstić information content (AvgIpc) is 2.76. The van der Waals surface area contributed by atoms with Crippen molar-refractivity contribution in [2.75, 3.05) is 24.1 Å². The van der Waals surface area contributed by atoms with Crippen molar-refractivity contribution in [3.63, 3.8) is 0 Å². The Morgan fingerprint density at radius 2 is 1.72 bits per heavy atom. The maximum Gasteiger partial charge on any atom is 0.255 e. The van der Waals surface area contributed by atoms with Crippen LogP contribution >= 0.6 is 0 Å². The van der Waals surface area contributed by atoms with E-state index in [1.54, 1.807) is 12.4 Å². The number of nitrogen functional groups attached to an aromatic ring is 1. The lowest BCUT2D eigenvalue weighted by molar-refractivity contribution is 0.102. The minimum absolute atomic E-state index is 0.130. The molecule has 1 amide bonds. The number of nitrogens with two attached hydrogens (primary N) is 1. The van der Waals surface area contributed by atoms with Crippen LogP contribution in [0.5, 0.6) is 0 Å². The Bertz CT molecular complexity index is 981. The van der Waals surface area contributed by atoms with E-state index in [0.29, 0.717) is 5.56 Å². The fraction of sp³-hybridized carbons (Fsp3) is 0.261. The topological polar surface area (TPSA) is 84.1 Å². The van der Waals surface area contributed by atoms with Crippen molar-refractivity contribution in [3.8, 4) is 11.1 Å². The van der Waals surface area contributed by atoms with Crippen LogP contribution in [0.15, 0.2) is 60.9 Å². The van der Waals surface area contributed by atoms with E-state index < -0.39 is 0 Å². The van der Waals surface area contributed by atoms with Crippen LogP contribution in [-0.2, 0) is 6.54 Å². The molecule has 1 aliphatic heterocycles. The molecule has 1 aromatic heterocycles. The van der Waals surface area contributed by atoms with Crippen molar-refractivity contribution >= 4 is 17.5 Å². The number of amides is 1. The molecule has 0 bridgehead atoms. The van der Waals surface area contributed by atoms with Crippen LogP contribution in [0.25, 0.3) is 11.1 Å². The highest BCUT2D eigenvalue weighted by Gasteiger charge is 2.14. The number of para-hydroxylation sites is 1. The summed E-state index contributed by atoms with van der Waals surface area (Å²) < 4.78 is 0. The first-order chi connectivity index (χ1) is 14.2. The molecule has 2 heterocycles. The van der Waals surface area contributed by atoms with E-state index in [1.807, 2.05) is 42.5 Å². The summed E-state index contributed by atoms with van der Waals surface area (Å²) in [5.41, 5.74) is 9.85. The first kappa shape index (κ1) is 19.1. The Morgan fingerprint density at radius 3 is 2.52 bits per heavy atom. The van der Waals surface area contributed by atoms with Gasteiger partial charge in [-0.15, -0.1) is 0 Å². The van der Waals surface area contributed by atoms with Crippen molar-refractivity contribution in [2.24, 2.45) is 0 Å². The largest absolute Gasteiger partial charge is 0.368 e. The van der Waals surface area contributed by atoms with E-state index in [9.17, 15) is 4.79 Å². The molecule has 3 aromatic rings. The van der Waals surface area contributed by atoms with Crippen LogP contribution < -0.4 is 11.1 Å². The summed E-state index contributed by atoms with van der Waals surface area (Å²) in [5, 5.41) is 3.09. The number of carbonyl (C=O) groups excluding carboxylic acids is 1. The molecule has 1 aliphatic rings. The summed E-state index contributed by atoms with van der Waals surface area (Å²) in [7, 11) is 0. The third-order valence-corrected chi connectivity index (χ3v) is 5.24. The Hall–Kier alpha value is -3.25. The summed E-state index contributed by atoms with van der Waals surface area (Å²) in [4.78, 5) is 23.4. The second-order valence-electron chi connectivity index (χ2n) is 7.36. The fourth-order valence-corrected chi connectivity index (χ4v) is 3.66. The third-order valence-electron chi connectivity index (χ3n) is 5.24. The normalized spacial score (nSPS) is 14.5. The highest BCUT2D eigenvalue weighted by atomic mass is 16.1. The Kier molecular flexibility index (Phi) is 5.81. The van der Waals surface area contributed by atoms with E-state index >= 15 is 0 Å². The lowest BCUT2D eigenvalue weighted by Gasteiger charge is -2.27. The standard InChI is InChI=1S/C23H25N5O/c24-23-25-14-20(15-26-23)17-8-6-9-18(13-17)22(29)27-21-10-3-2-7-19(21)16-28-11-4-1-5-12-28/h2-3,6-10,13-15H,1,4-5,11-12,16H2,(H,27,29)(H2,24,25,26). The van der Waals surface area contributed by atoms with E-state index in [1.165, 1.54) is 19.3 Å². The lowest BCUT2D eigenvalue weighted by atomic mass is 10.0. The van der Waals surface area contributed by atoms with Crippen LogP contribution in [0.4, 0.5) is 11.6 Å². The van der Waals surface area contributed by atoms with E-state index in [2.05, 4.69) is 26.3 Å². The maximum absolute atomic E-state index is 12.9. The van der Waals surface area contributed by atoms with E-state index in [-0.39, 0.29) is 11.9 Å². The van der Waals surface area contributed by atoms with Gasteiger partial charge in [-0.1, -0.05) is 36.8 Å². The molecule has 1 fully saturated rings. The summed E-state index contributed by atoms with van der Waals surface area (Å²) in [6, 6.07) is 15.5. The van der Waals surface area contributed by atoms with Gasteiger partial charge in [-0.05, 0) is 55.3 Å². The average molecular weight is 387 g/mol. The molecular formula is C23H25N5O. The van der Waals surface area contributed by atoms with Gasteiger partial charge >= 0.3 is 0 Å². The van der Waals surface area contributed by atoms with Gasteiger partial charge in [0, 0.05) is 35.8 Å². The lowest BCUT2D eigenvalue weighted by Crippen LogP contribution is -2.29. The molecule has 2 aromatic carbocycles. The van der Waals surface area contributed by atoms with Crippen molar-refractivity contribution in [3.05, 3.63) is 72.1 Å². The third kappa shape index (κ3) is 4.78. The zero-order valence-corrected chi connectivity index (χ0v) is 16.3. The van der Waals surface area contributed by atoms with Crippen LogP contribution in [-0.4, -0.2) is 33.9 Å². The van der Waals surface area contributed by atoms with Gasteiger partial charge in [0.05, 0.1) is 0 Å². The number of benzene rings is 2. The van der Waals surface area contributed by atoms with Crippen LogP contribution in [0, 0.1) is 0 Å². The van der Waals surface area contributed by atoms with Crippen molar-refractivity contribution in [1.82, 2.24) is 14.9 Å². The predicted molar refractivity (Wildman–Crippen MR) is 115 cm³/mol. The van der Waals surface area contributed by atoms with Gasteiger partial charge in [0.1, 0.15) is 0 Å². The Morgan fingerprint density at radius 1 is 0.966 bits per heavy atom. The van der Waals surface area contributed by atoms with Crippen LogP contribution in [0.3, 0.4) is 0 Å². The van der Waals surface area contributed by atoms with Gasteiger partial charge in [-0.3, -0.25) is 9.69 Å².